The van der Waals surface area contributed by atoms with E-state index in [9.17, 15) is 9.18 Å². The molecule has 0 aliphatic rings. The number of carbonyl (C=O) groups excluding carboxylic acids is 1. The third-order valence-electron chi connectivity index (χ3n) is 2.65. The molecule has 1 aromatic carbocycles. The molecule has 1 heterocycles. The van der Waals surface area contributed by atoms with Crippen LogP contribution in [0.4, 0.5) is 4.39 Å². The first-order chi connectivity index (χ1) is 8.15. The van der Waals surface area contributed by atoms with Crippen LogP contribution in [0.3, 0.4) is 0 Å². The highest BCUT2D eigenvalue weighted by Crippen LogP contribution is 2.26. The van der Waals surface area contributed by atoms with Gasteiger partial charge < -0.3 is 0 Å². The third kappa shape index (κ3) is 1.98. The van der Waals surface area contributed by atoms with Gasteiger partial charge in [0.05, 0.1) is 17.5 Å². The van der Waals surface area contributed by atoms with Crippen molar-refractivity contribution >= 4 is 5.78 Å². The molecule has 0 saturated carbocycles. The first-order valence-corrected chi connectivity index (χ1v) is 5.46. The molecule has 2 rings (SSSR count). The van der Waals surface area contributed by atoms with Crippen molar-refractivity contribution in [2.24, 2.45) is 0 Å². The van der Waals surface area contributed by atoms with Gasteiger partial charge in [0, 0.05) is 12.1 Å². The molecule has 88 valence electrons. The molecule has 0 unspecified atom stereocenters. The van der Waals surface area contributed by atoms with E-state index < -0.39 is 0 Å². The van der Waals surface area contributed by atoms with Crippen molar-refractivity contribution in [3.05, 3.63) is 41.8 Å². The number of nitrogens with zero attached hydrogens (tertiary/aromatic N) is 2. The SMILES string of the molecule is CCn1ncc(C(C)=O)c1-c1ccccc1F. The first-order valence-electron chi connectivity index (χ1n) is 5.46. The molecule has 1 aromatic heterocycles. The van der Waals surface area contributed by atoms with Crippen LogP contribution in [0.1, 0.15) is 24.2 Å². The topological polar surface area (TPSA) is 34.9 Å². The Morgan fingerprint density at radius 3 is 2.71 bits per heavy atom. The maximum Gasteiger partial charge on any atom is 0.163 e. The van der Waals surface area contributed by atoms with E-state index in [0.717, 1.165) is 0 Å². The summed E-state index contributed by atoms with van der Waals surface area (Å²) in [6, 6.07) is 6.41. The average molecular weight is 232 g/mol. The molecule has 0 spiro atoms. The van der Waals surface area contributed by atoms with E-state index >= 15 is 0 Å². The number of halogens is 1. The quantitative estimate of drug-likeness (QED) is 0.762. The van der Waals surface area contributed by atoms with E-state index in [0.29, 0.717) is 23.4 Å². The second-order valence-electron chi connectivity index (χ2n) is 3.76. The normalized spacial score (nSPS) is 10.5. The highest BCUT2D eigenvalue weighted by molar-refractivity contribution is 5.99. The molecule has 17 heavy (non-hydrogen) atoms. The fraction of sp³-hybridized carbons (Fsp3) is 0.231. The number of hydrogen-bond acceptors (Lipinski definition) is 2. The number of ketones is 1. The fourth-order valence-electron chi connectivity index (χ4n) is 1.82. The molecular formula is C13H13FN2O. The Morgan fingerprint density at radius 2 is 2.12 bits per heavy atom. The zero-order valence-corrected chi connectivity index (χ0v) is 9.77. The summed E-state index contributed by atoms with van der Waals surface area (Å²) in [5.74, 6) is -0.451. The average Bonchev–Trinajstić information content (AvgIpc) is 2.73. The van der Waals surface area contributed by atoms with Gasteiger partial charge in [0.25, 0.3) is 0 Å². The number of aromatic nitrogens is 2. The largest absolute Gasteiger partial charge is 0.294 e. The molecule has 0 N–H and O–H groups in total. The van der Waals surface area contributed by atoms with Crippen molar-refractivity contribution in [2.45, 2.75) is 20.4 Å². The van der Waals surface area contributed by atoms with Crippen molar-refractivity contribution in [2.75, 3.05) is 0 Å². The minimum absolute atomic E-state index is 0.108. The Balaban J connectivity index is 2.69. The molecule has 0 radical (unpaired) electrons. The summed E-state index contributed by atoms with van der Waals surface area (Å²) in [4.78, 5) is 11.5. The monoisotopic (exact) mass is 232 g/mol. The Morgan fingerprint density at radius 1 is 1.41 bits per heavy atom. The van der Waals surface area contributed by atoms with Crippen LogP contribution in [0.5, 0.6) is 0 Å². The summed E-state index contributed by atoms with van der Waals surface area (Å²) >= 11 is 0. The van der Waals surface area contributed by atoms with Gasteiger partial charge in [-0.2, -0.15) is 5.10 Å². The van der Waals surface area contributed by atoms with Crippen LogP contribution in [-0.4, -0.2) is 15.6 Å². The van der Waals surface area contributed by atoms with Gasteiger partial charge >= 0.3 is 0 Å². The molecule has 0 bridgehead atoms. The zero-order valence-electron chi connectivity index (χ0n) is 9.77. The second kappa shape index (κ2) is 4.49. The van der Waals surface area contributed by atoms with Gasteiger partial charge in [-0.3, -0.25) is 9.48 Å². The van der Waals surface area contributed by atoms with Crippen LogP contribution in [0, 0.1) is 5.82 Å². The van der Waals surface area contributed by atoms with E-state index in [1.807, 2.05) is 6.92 Å². The van der Waals surface area contributed by atoms with Crippen LogP contribution in [-0.2, 0) is 6.54 Å². The van der Waals surface area contributed by atoms with Crippen LogP contribution in [0.2, 0.25) is 0 Å². The minimum Gasteiger partial charge on any atom is -0.294 e. The number of aryl methyl sites for hydroxylation is 1. The fourth-order valence-corrected chi connectivity index (χ4v) is 1.82. The van der Waals surface area contributed by atoms with E-state index in [1.165, 1.54) is 19.2 Å². The highest BCUT2D eigenvalue weighted by Gasteiger charge is 2.17. The lowest BCUT2D eigenvalue weighted by molar-refractivity contribution is 0.101. The summed E-state index contributed by atoms with van der Waals surface area (Å²) in [5.41, 5.74) is 1.42. The van der Waals surface area contributed by atoms with E-state index in [2.05, 4.69) is 5.10 Å². The number of benzene rings is 1. The van der Waals surface area contributed by atoms with Crippen molar-refractivity contribution in [3.63, 3.8) is 0 Å². The van der Waals surface area contributed by atoms with E-state index in [4.69, 9.17) is 0 Å². The summed E-state index contributed by atoms with van der Waals surface area (Å²) in [6.07, 6.45) is 1.49. The van der Waals surface area contributed by atoms with Gasteiger partial charge in [0.15, 0.2) is 5.78 Å². The van der Waals surface area contributed by atoms with Crippen molar-refractivity contribution in [1.29, 1.82) is 0 Å². The molecule has 0 fully saturated rings. The number of Topliss-reactive ketones (excluding diaryl/α,β-unsaturated/α-hetero) is 1. The summed E-state index contributed by atoms with van der Waals surface area (Å²) in [7, 11) is 0. The van der Waals surface area contributed by atoms with E-state index in [1.54, 1.807) is 22.9 Å². The minimum atomic E-state index is -0.342. The van der Waals surface area contributed by atoms with Gasteiger partial charge in [-0.05, 0) is 26.0 Å². The lowest BCUT2D eigenvalue weighted by Gasteiger charge is -2.07. The Hall–Kier alpha value is -1.97. The Bertz CT molecular complexity index is 560. The van der Waals surface area contributed by atoms with Gasteiger partial charge in [0.2, 0.25) is 0 Å². The maximum atomic E-state index is 13.8. The molecule has 4 heteroatoms. The van der Waals surface area contributed by atoms with Crippen molar-refractivity contribution < 1.29 is 9.18 Å². The molecule has 2 aromatic rings. The number of hydrogen-bond donors (Lipinski definition) is 0. The van der Waals surface area contributed by atoms with Gasteiger partial charge in [-0.15, -0.1) is 0 Å². The van der Waals surface area contributed by atoms with Gasteiger partial charge in [-0.1, -0.05) is 12.1 Å². The standard InChI is InChI=1S/C13H13FN2O/c1-3-16-13(11(8-15-16)9(2)17)10-6-4-5-7-12(10)14/h4-8H,3H2,1-2H3. The molecule has 0 amide bonds. The molecule has 0 atom stereocenters. The first kappa shape index (κ1) is 11.5. The van der Waals surface area contributed by atoms with E-state index in [-0.39, 0.29) is 11.6 Å². The predicted octanol–water partition coefficient (Wildman–Crippen LogP) is 2.91. The molecule has 0 aliphatic heterocycles. The number of carbonyl (C=O) groups is 1. The van der Waals surface area contributed by atoms with Crippen LogP contribution < -0.4 is 0 Å². The van der Waals surface area contributed by atoms with Crippen LogP contribution in [0.25, 0.3) is 11.3 Å². The summed E-state index contributed by atoms with van der Waals surface area (Å²) in [6.45, 7) is 3.96. The summed E-state index contributed by atoms with van der Waals surface area (Å²) in [5, 5.41) is 4.10. The lowest BCUT2D eigenvalue weighted by atomic mass is 10.1. The number of rotatable bonds is 3. The third-order valence-corrected chi connectivity index (χ3v) is 2.65. The van der Waals surface area contributed by atoms with Gasteiger partial charge in [0.1, 0.15) is 5.82 Å². The smallest absolute Gasteiger partial charge is 0.163 e. The Kier molecular flexibility index (Phi) is 3.04. The van der Waals surface area contributed by atoms with Crippen LogP contribution in [0.15, 0.2) is 30.5 Å². The maximum absolute atomic E-state index is 13.8. The summed E-state index contributed by atoms with van der Waals surface area (Å²) < 4.78 is 15.4. The molecule has 0 aliphatic carbocycles. The van der Waals surface area contributed by atoms with Crippen molar-refractivity contribution in [3.8, 4) is 11.3 Å². The van der Waals surface area contributed by atoms with Crippen LogP contribution >= 0.6 is 0 Å². The molecule has 0 saturated heterocycles. The zero-order chi connectivity index (χ0) is 12.4. The van der Waals surface area contributed by atoms with Gasteiger partial charge in [-0.25, -0.2) is 4.39 Å². The van der Waals surface area contributed by atoms with Crippen molar-refractivity contribution in [1.82, 2.24) is 9.78 Å². The Labute approximate surface area is 98.9 Å². The molecular weight excluding hydrogens is 219 g/mol. The molecule has 3 nitrogen and oxygen atoms in total. The highest BCUT2D eigenvalue weighted by atomic mass is 19.1. The second-order valence-corrected chi connectivity index (χ2v) is 3.76. The lowest BCUT2D eigenvalue weighted by Crippen LogP contribution is -2.03. The predicted molar refractivity (Wildman–Crippen MR) is 63.3 cm³/mol.